The highest BCUT2D eigenvalue weighted by molar-refractivity contribution is 5.97. The molecule has 2 rings (SSSR count). The number of carbonyl (C=O) groups excluding carboxylic acids is 1. The van der Waals surface area contributed by atoms with E-state index in [1.54, 1.807) is 7.11 Å². The molecule has 1 saturated carbocycles. The Morgan fingerprint density at radius 1 is 1.33 bits per heavy atom. The summed E-state index contributed by atoms with van der Waals surface area (Å²) in [7, 11) is 5.67. The normalized spacial score (nSPS) is 24.0. The van der Waals surface area contributed by atoms with E-state index in [1.807, 2.05) is 38.4 Å². The monoisotopic (exact) mass is 334 g/mol. The first-order valence-electron chi connectivity index (χ1n) is 8.69. The second kappa shape index (κ2) is 8.49. The summed E-state index contributed by atoms with van der Waals surface area (Å²) >= 11 is 0. The van der Waals surface area contributed by atoms with Crippen LogP contribution in [0.1, 0.15) is 32.6 Å². The highest BCUT2D eigenvalue weighted by atomic mass is 16.5. The Kier molecular flexibility index (Phi) is 6.63. The average Bonchev–Trinajstić information content (AvgIpc) is 2.56. The summed E-state index contributed by atoms with van der Waals surface area (Å²) in [5.41, 5.74) is 0.0769. The molecule has 1 aromatic carbocycles. The van der Waals surface area contributed by atoms with Gasteiger partial charge >= 0.3 is 0 Å². The van der Waals surface area contributed by atoms with Crippen LogP contribution in [-0.4, -0.2) is 50.8 Å². The van der Waals surface area contributed by atoms with Crippen LogP contribution in [0.2, 0.25) is 0 Å². The Morgan fingerprint density at radius 2 is 2.04 bits per heavy atom. The molecule has 0 radical (unpaired) electrons. The SMILES string of the molecule is COC1(C(=O)Nc2ccc(OCCN(C)C)cc2)CCCC(C)C1. The van der Waals surface area contributed by atoms with Crippen LogP contribution in [0.15, 0.2) is 24.3 Å². The molecule has 1 aliphatic carbocycles. The van der Waals surface area contributed by atoms with Gasteiger partial charge in [-0.2, -0.15) is 0 Å². The summed E-state index contributed by atoms with van der Waals surface area (Å²) in [6.45, 7) is 3.69. The van der Waals surface area contributed by atoms with Crippen LogP contribution in [0.3, 0.4) is 0 Å². The van der Waals surface area contributed by atoms with Crippen molar-refractivity contribution in [2.75, 3.05) is 39.7 Å². The number of methoxy groups -OCH3 is 1. The minimum absolute atomic E-state index is 0.0437. The van der Waals surface area contributed by atoms with Crippen molar-refractivity contribution in [2.45, 2.75) is 38.2 Å². The molecule has 0 aromatic heterocycles. The van der Waals surface area contributed by atoms with Gasteiger partial charge in [0, 0.05) is 19.3 Å². The first-order valence-corrected chi connectivity index (χ1v) is 8.69. The maximum absolute atomic E-state index is 12.7. The summed E-state index contributed by atoms with van der Waals surface area (Å²) < 4.78 is 11.3. The molecule has 5 nitrogen and oxygen atoms in total. The largest absolute Gasteiger partial charge is 0.492 e. The van der Waals surface area contributed by atoms with Crippen molar-refractivity contribution in [3.63, 3.8) is 0 Å². The molecular weight excluding hydrogens is 304 g/mol. The molecule has 1 amide bonds. The number of likely N-dealkylation sites (N-methyl/N-ethyl adjacent to an activating group) is 1. The smallest absolute Gasteiger partial charge is 0.256 e. The molecule has 1 fully saturated rings. The fourth-order valence-corrected chi connectivity index (χ4v) is 3.21. The third kappa shape index (κ3) is 4.95. The van der Waals surface area contributed by atoms with Crippen molar-refractivity contribution in [1.29, 1.82) is 0 Å². The topological polar surface area (TPSA) is 50.8 Å². The van der Waals surface area contributed by atoms with Crippen molar-refractivity contribution in [2.24, 2.45) is 5.92 Å². The van der Waals surface area contributed by atoms with E-state index >= 15 is 0 Å². The fourth-order valence-electron chi connectivity index (χ4n) is 3.21. The number of ether oxygens (including phenoxy) is 2. The molecule has 0 spiro atoms. The minimum Gasteiger partial charge on any atom is -0.492 e. The fraction of sp³-hybridized carbons (Fsp3) is 0.632. The second-order valence-electron chi connectivity index (χ2n) is 7.03. The molecule has 2 unspecified atom stereocenters. The minimum atomic E-state index is -0.696. The molecular formula is C19H30N2O3. The average molecular weight is 334 g/mol. The molecule has 0 saturated heterocycles. The summed E-state index contributed by atoms with van der Waals surface area (Å²) in [5, 5.41) is 3.00. The molecule has 5 heteroatoms. The van der Waals surface area contributed by atoms with Crippen LogP contribution in [-0.2, 0) is 9.53 Å². The van der Waals surface area contributed by atoms with Gasteiger partial charge < -0.3 is 19.7 Å². The van der Waals surface area contributed by atoms with E-state index < -0.39 is 5.60 Å². The zero-order valence-corrected chi connectivity index (χ0v) is 15.3. The lowest BCUT2D eigenvalue weighted by atomic mass is 9.78. The van der Waals surface area contributed by atoms with E-state index in [-0.39, 0.29) is 5.91 Å². The van der Waals surface area contributed by atoms with Crippen molar-refractivity contribution in [3.05, 3.63) is 24.3 Å². The predicted molar refractivity (Wildman–Crippen MR) is 96.5 cm³/mol. The molecule has 1 aromatic rings. The van der Waals surface area contributed by atoms with Crippen LogP contribution < -0.4 is 10.1 Å². The first-order chi connectivity index (χ1) is 11.4. The van der Waals surface area contributed by atoms with Crippen molar-refractivity contribution >= 4 is 11.6 Å². The van der Waals surface area contributed by atoms with Crippen LogP contribution in [0.25, 0.3) is 0 Å². The number of nitrogens with zero attached hydrogens (tertiary/aromatic N) is 1. The number of hydrogen-bond acceptors (Lipinski definition) is 4. The molecule has 1 N–H and O–H groups in total. The molecule has 2 atom stereocenters. The van der Waals surface area contributed by atoms with Crippen LogP contribution in [0.5, 0.6) is 5.75 Å². The highest BCUT2D eigenvalue weighted by Crippen LogP contribution is 2.35. The maximum atomic E-state index is 12.7. The van der Waals surface area contributed by atoms with Gasteiger partial charge in [0.25, 0.3) is 5.91 Å². The number of hydrogen-bond donors (Lipinski definition) is 1. The lowest BCUT2D eigenvalue weighted by Gasteiger charge is -2.37. The lowest BCUT2D eigenvalue weighted by Crippen LogP contribution is -2.47. The van der Waals surface area contributed by atoms with E-state index in [9.17, 15) is 4.79 Å². The third-order valence-electron chi connectivity index (χ3n) is 4.68. The molecule has 0 heterocycles. The van der Waals surface area contributed by atoms with Gasteiger partial charge in [0.05, 0.1) is 0 Å². The van der Waals surface area contributed by atoms with Gasteiger partial charge in [-0.15, -0.1) is 0 Å². The van der Waals surface area contributed by atoms with Gasteiger partial charge in [0.2, 0.25) is 0 Å². The Hall–Kier alpha value is -1.59. The van der Waals surface area contributed by atoms with E-state index in [0.717, 1.165) is 43.7 Å². The van der Waals surface area contributed by atoms with Crippen LogP contribution in [0, 0.1) is 5.92 Å². The third-order valence-corrected chi connectivity index (χ3v) is 4.68. The van der Waals surface area contributed by atoms with E-state index in [1.165, 1.54) is 0 Å². The summed E-state index contributed by atoms with van der Waals surface area (Å²) in [6, 6.07) is 7.51. The number of anilines is 1. The summed E-state index contributed by atoms with van der Waals surface area (Å²) in [5.74, 6) is 1.28. The number of carbonyl (C=O) groups is 1. The Morgan fingerprint density at radius 3 is 2.62 bits per heavy atom. The zero-order chi connectivity index (χ0) is 17.6. The molecule has 1 aliphatic rings. The van der Waals surface area contributed by atoms with E-state index in [4.69, 9.17) is 9.47 Å². The zero-order valence-electron chi connectivity index (χ0n) is 15.3. The van der Waals surface area contributed by atoms with Crippen molar-refractivity contribution in [3.8, 4) is 5.75 Å². The second-order valence-corrected chi connectivity index (χ2v) is 7.03. The van der Waals surface area contributed by atoms with Gasteiger partial charge in [-0.05, 0) is 63.5 Å². The summed E-state index contributed by atoms with van der Waals surface area (Å²) in [4.78, 5) is 14.8. The quantitative estimate of drug-likeness (QED) is 0.832. The van der Waals surface area contributed by atoms with Crippen molar-refractivity contribution in [1.82, 2.24) is 4.90 Å². The molecule has 0 aliphatic heterocycles. The summed E-state index contributed by atoms with van der Waals surface area (Å²) in [6.07, 6.45) is 3.75. The van der Waals surface area contributed by atoms with Crippen molar-refractivity contribution < 1.29 is 14.3 Å². The molecule has 134 valence electrons. The molecule has 0 bridgehead atoms. The lowest BCUT2D eigenvalue weighted by molar-refractivity contribution is -0.143. The Labute approximate surface area is 145 Å². The van der Waals surface area contributed by atoms with Crippen LogP contribution >= 0.6 is 0 Å². The van der Waals surface area contributed by atoms with Gasteiger partial charge in [0.15, 0.2) is 0 Å². The van der Waals surface area contributed by atoms with E-state index in [0.29, 0.717) is 12.5 Å². The van der Waals surface area contributed by atoms with Crippen LogP contribution in [0.4, 0.5) is 5.69 Å². The Balaban J connectivity index is 1.93. The number of rotatable bonds is 7. The van der Waals surface area contributed by atoms with Gasteiger partial charge in [0.1, 0.15) is 18.0 Å². The predicted octanol–water partition coefficient (Wildman–Crippen LogP) is 3.16. The number of benzene rings is 1. The standard InChI is InChI=1S/C19H30N2O3/c1-15-6-5-11-19(14-15,23-4)18(22)20-16-7-9-17(10-8-16)24-13-12-21(2)3/h7-10,15H,5-6,11-14H2,1-4H3,(H,20,22). The van der Waals surface area contributed by atoms with Gasteiger partial charge in [-0.25, -0.2) is 0 Å². The van der Waals surface area contributed by atoms with E-state index in [2.05, 4.69) is 17.1 Å². The maximum Gasteiger partial charge on any atom is 0.256 e. The van der Waals surface area contributed by atoms with Gasteiger partial charge in [-0.1, -0.05) is 13.3 Å². The first kappa shape index (κ1) is 18.7. The molecule has 24 heavy (non-hydrogen) atoms. The van der Waals surface area contributed by atoms with Gasteiger partial charge in [-0.3, -0.25) is 4.79 Å². The number of nitrogens with one attached hydrogen (secondary N) is 1. The number of amides is 1. The highest BCUT2D eigenvalue weighted by Gasteiger charge is 2.41. The Bertz CT molecular complexity index is 530.